The predicted molar refractivity (Wildman–Crippen MR) is 297 cm³/mol. The van der Waals surface area contributed by atoms with E-state index >= 15 is 0 Å². The van der Waals surface area contributed by atoms with Gasteiger partial charge in [0.2, 0.25) is 0 Å². The Hall–Kier alpha value is -4.97. The predicted octanol–water partition coefficient (Wildman–Crippen LogP) is 18.2. The summed E-state index contributed by atoms with van der Waals surface area (Å²) >= 11 is 0. The molecule has 0 N–H and O–H groups in total. The van der Waals surface area contributed by atoms with E-state index in [-0.39, 0.29) is 50.4 Å². The van der Waals surface area contributed by atoms with Gasteiger partial charge >= 0.3 is 17.9 Å². The van der Waals surface area contributed by atoms with Crippen molar-refractivity contribution in [2.75, 3.05) is 13.2 Å². The number of allylic oxidation sites excluding steroid dienone is 26. The van der Waals surface area contributed by atoms with Crippen molar-refractivity contribution in [3.05, 3.63) is 158 Å². The second-order valence-electron chi connectivity index (χ2n) is 17.0. The van der Waals surface area contributed by atoms with Crippen molar-refractivity contribution in [2.24, 2.45) is 0 Å². The van der Waals surface area contributed by atoms with Crippen LogP contribution in [0.3, 0.4) is 0 Å². The number of carbonyl (C=O) groups excluding carboxylic acids is 3. The molecule has 0 fully saturated rings. The minimum atomic E-state index is -0.846. The molecule has 0 bridgehead atoms. The first kappa shape index (κ1) is 64.0. The number of hydrogen-bond donors (Lipinski definition) is 0. The second kappa shape index (κ2) is 55.6. The van der Waals surface area contributed by atoms with Gasteiger partial charge in [-0.3, -0.25) is 14.4 Å². The fourth-order valence-corrected chi connectivity index (χ4v) is 6.52. The van der Waals surface area contributed by atoms with Crippen molar-refractivity contribution in [1.82, 2.24) is 0 Å². The Labute approximate surface area is 422 Å². The molecule has 0 heterocycles. The average molecular weight is 949 g/mol. The molecule has 384 valence electrons. The molecule has 0 aromatic rings. The van der Waals surface area contributed by atoms with Crippen molar-refractivity contribution in [3.8, 4) is 0 Å². The molecule has 0 saturated heterocycles. The van der Waals surface area contributed by atoms with Crippen LogP contribution in [0.5, 0.6) is 0 Å². The maximum absolute atomic E-state index is 12.8. The molecule has 0 aliphatic rings. The number of hydrogen-bond acceptors (Lipinski definition) is 6. The van der Waals surface area contributed by atoms with E-state index in [0.29, 0.717) is 19.3 Å². The minimum absolute atomic E-state index is 0.140. The monoisotopic (exact) mass is 949 g/mol. The van der Waals surface area contributed by atoms with E-state index in [0.717, 1.165) is 116 Å². The molecule has 0 aromatic carbocycles. The fraction of sp³-hybridized carbons (Fsp3) is 0.540. The van der Waals surface area contributed by atoms with Gasteiger partial charge in [0.05, 0.1) is 0 Å². The molecule has 0 radical (unpaired) electrons. The van der Waals surface area contributed by atoms with Crippen LogP contribution in [0.2, 0.25) is 0 Å². The molecule has 0 unspecified atom stereocenters. The first-order chi connectivity index (χ1) is 34.0. The third-order valence-electron chi connectivity index (χ3n) is 10.5. The Morgan fingerprint density at radius 1 is 0.304 bits per heavy atom. The standard InChI is InChI=1S/C63H96O6/c1-4-7-10-13-16-19-22-25-28-30-31-33-35-38-41-44-47-50-53-56-62(65)68-59-60(58-67-61(64)55-52-49-46-43-40-37-34-27-24-21-18-15-12-9-6-3)69-63(66)57-54-51-48-45-42-39-36-32-29-26-23-20-17-14-11-8-5-2/h8-9,11-12,16-21,25-29,31,33-34,36,38-41,43,47,50,60H,4-7,10,13-15,22-24,30,32,35,37,42,44-46,48-49,51-59H2,1-3H3/b11-8-,12-9-,19-16-,20-17-,21-18-,28-25-,29-26-,33-31-,34-27-,39-36-,41-38-,43-40-,50-47-/t60-/m1/s1. The Morgan fingerprint density at radius 3 is 0.986 bits per heavy atom. The van der Waals surface area contributed by atoms with Crippen LogP contribution < -0.4 is 0 Å². The maximum Gasteiger partial charge on any atom is 0.306 e. The van der Waals surface area contributed by atoms with Gasteiger partial charge in [-0.15, -0.1) is 0 Å². The van der Waals surface area contributed by atoms with Crippen LogP contribution in [0.1, 0.15) is 201 Å². The highest BCUT2D eigenvalue weighted by atomic mass is 16.6. The van der Waals surface area contributed by atoms with Gasteiger partial charge in [0, 0.05) is 19.3 Å². The molecule has 1 atom stereocenters. The molecule has 6 heteroatoms. The number of unbranched alkanes of at least 4 members (excludes halogenated alkanes) is 9. The van der Waals surface area contributed by atoms with E-state index in [1.54, 1.807) is 0 Å². The second-order valence-corrected chi connectivity index (χ2v) is 17.0. The van der Waals surface area contributed by atoms with E-state index in [9.17, 15) is 14.4 Å². The van der Waals surface area contributed by atoms with Gasteiger partial charge in [0.15, 0.2) is 6.10 Å². The Morgan fingerprint density at radius 2 is 0.594 bits per heavy atom. The van der Waals surface area contributed by atoms with Crippen molar-refractivity contribution in [1.29, 1.82) is 0 Å². The highest BCUT2D eigenvalue weighted by Gasteiger charge is 2.19. The van der Waals surface area contributed by atoms with E-state index in [1.165, 1.54) is 25.7 Å². The Bertz CT molecular complexity index is 1610. The highest BCUT2D eigenvalue weighted by Crippen LogP contribution is 2.11. The van der Waals surface area contributed by atoms with E-state index in [1.807, 2.05) is 12.2 Å². The first-order valence-corrected chi connectivity index (χ1v) is 27.0. The van der Waals surface area contributed by atoms with Crippen LogP contribution in [0.25, 0.3) is 0 Å². The van der Waals surface area contributed by atoms with Gasteiger partial charge in [-0.05, 0) is 135 Å². The molecule has 0 aliphatic carbocycles. The van der Waals surface area contributed by atoms with Gasteiger partial charge in [-0.25, -0.2) is 0 Å². The minimum Gasteiger partial charge on any atom is -0.462 e. The van der Waals surface area contributed by atoms with Crippen molar-refractivity contribution < 1.29 is 28.6 Å². The van der Waals surface area contributed by atoms with Crippen molar-refractivity contribution >= 4 is 17.9 Å². The summed E-state index contributed by atoms with van der Waals surface area (Å²) in [6.45, 7) is 6.23. The number of ether oxygens (including phenoxy) is 3. The Kier molecular flexibility index (Phi) is 51.6. The fourth-order valence-electron chi connectivity index (χ4n) is 6.52. The summed E-state index contributed by atoms with van der Waals surface area (Å²) in [6, 6.07) is 0. The molecule has 0 amide bonds. The van der Waals surface area contributed by atoms with Gasteiger partial charge < -0.3 is 14.2 Å². The van der Waals surface area contributed by atoms with Gasteiger partial charge in [-0.2, -0.15) is 0 Å². The van der Waals surface area contributed by atoms with E-state index in [2.05, 4.69) is 167 Å². The van der Waals surface area contributed by atoms with Gasteiger partial charge in [-0.1, -0.05) is 204 Å². The van der Waals surface area contributed by atoms with E-state index < -0.39 is 6.10 Å². The topological polar surface area (TPSA) is 78.9 Å². The maximum atomic E-state index is 12.8. The molecule has 6 nitrogen and oxygen atoms in total. The molecule has 0 aliphatic heterocycles. The van der Waals surface area contributed by atoms with Crippen LogP contribution in [0.4, 0.5) is 0 Å². The highest BCUT2D eigenvalue weighted by molar-refractivity contribution is 5.71. The molecule has 69 heavy (non-hydrogen) atoms. The summed E-state index contributed by atoms with van der Waals surface area (Å²) in [5, 5.41) is 0. The van der Waals surface area contributed by atoms with E-state index in [4.69, 9.17) is 14.2 Å². The quantitative estimate of drug-likeness (QED) is 0.0262. The third-order valence-corrected chi connectivity index (χ3v) is 10.5. The largest absolute Gasteiger partial charge is 0.462 e. The van der Waals surface area contributed by atoms with Crippen molar-refractivity contribution in [3.63, 3.8) is 0 Å². The zero-order valence-corrected chi connectivity index (χ0v) is 43.8. The summed E-state index contributed by atoms with van der Waals surface area (Å²) in [5.74, 6) is -1.10. The molecule has 0 aromatic heterocycles. The lowest BCUT2D eigenvalue weighted by molar-refractivity contribution is -0.166. The molecule has 0 saturated carbocycles. The van der Waals surface area contributed by atoms with Crippen LogP contribution in [-0.4, -0.2) is 37.2 Å². The molecular formula is C63H96O6. The van der Waals surface area contributed by atoms with Crippen LogP contribution >= 0.6 is 0 Å². The van der Waals surface area contributed by atoms with Crippen molar-refractivity contribution in [2.45, 2.75) is 207 Å². The number of rotatable bonds is 46. The first-order valence-electron chi connectivity index (χ1n) is 27.0. The number of carbonyl (C=O) groups is 3. The SMILES string of the molecule is CC/C=C\C/C=C\C/C=C\C/C=C\CCCCCCC(=O)O[C@@H](COC(=O)CC/C=C\C/C=C\C/C=C\C/C=C\C/C=C\CCCCC)COC(=O)CCCC/C=C\C/C=C\C/C=C\C/C=C\CC. The van der Waals surface area contributed by atoms with Gasteiger partial charge in [0.1, 0.15) is 13.2 Å². The lowest BCUT2D eigenvalue weighted by atomic mass is 10.1. The zero-order valence-electron chi connectivity index (χ0n) is 43.8. The molecular weight excluding hydrogens is 853 g/mol. The summed E-state index contributed by atoms with van der Waals surface area (Å²) in [7, 11) is 0. The van der Waals surface area contributed by atoms with Crippen LogP contribution in [0.15, 0.2) is 158 Å². The molecule has 0 spiro atoms. The normalized spacial score (nSPS) is 13.4. The zero-order chi connectivity index (χ0) is 50.0. The Balaban J connectivity index is 4.64. The third kappa shape index (κ3) is 53.8. The smallest absolute Gasteiger partial charge is 0.306 e. The van der Waals surface area contributed by atoms with Crippen LogP contribution in [0, 0.1) is 0 Å². The summed E-state index contributed by atoms with van der Waals surface area (Å²) in [5.41, 5.74) is 0. The summed E-state index contributed by atoms with van der Waals surface area (Å²) < 4.78 is 16.7. The van der Waals surface area contributed by atoms with Crippen LogP contribution in [-0.2, 0) is 28.6 Å². The summed E-state index contributed by atoms with van der Waals surface area (Å²) in [6.07, 6.45) is 81.0. The lowest BCUT2D eigenvalue weighted by Gasteiger charge is -2.18. The summed E-state index contributed by atoms with van der Waals surface area (Å²) in [4.78, 5) is 38.0. The molecule has 0 rings (SSSR count). The average Bonchev–Trinajstić information content (AvgIpc) is 3.35. The number of esters is 3. The lowest BCUT2D eigenvalue weighted by Crippen LogP contribution is -2.30. The van der Waals surface area contributed by atoms with Gasteiger partial charge in [0.25, 0.3) is 0 Å².